The molecule has 2 aliphatic heterocycles. The van der Waals surface area contributed by atoms with E-state index in [0.29, 0.717) is 23.4 Å². The van der Waals surface area contributed by atoms with E-state index < -0.39 is 31.4 Å². The van der Waals surface area contributed by atoms with Crippen molar-refractivity contribution < 1.29 is 30.7 Å². The predicted octanol–water partition coefficient (Wildman–Crippen LogP) is 6.11. The van der Waals surface area contributed by atoms with Gasteiger partial charge in [0.2, 0.25) is 0 Å². The van der Waals surface area contributed by atoms with Crippen molar-refractivity contribution in [2.75, 3.05) is 17.2 Å². The number of carbonyl (C=O) groups is 1. The number of aliphatic imine (C=N–C) groups is 1. The van der Waals surface area contributed by atoms with Crippen LogP contribution in [0.3, 0.4) is 0 Å². The van der Waals surface area contributed by atoms with Crippen molar-refractivity contribution in [2.45, 2.75) is 68.6 Å². The number of rotatable bonds is 13. The molecule has 0 saturated carbocycles. The first-order valence-corrected chi connectivity index (χ1v) is 17.3. The van der Waals surface area contributed by atoms with E-state index in [-0.39, 0.29) is 23.2 Å². The van der Waals surface area contributed by atoms with Crippen molar-refractivity contribution in [3.8, 4) is 0 Å². The number of hydrogen-bond acceptors (Lipinski definition) is 7. The van der Waals surface area contributed by atoms with E-state index in [1.165, 1.54) is 23.8 Å². The highest BCUT2D eigenvalue weighted by Crippen LogP contribution is 2.50. The summed E-state index contributed by atoms with van der Waals surface area (Å²) in [5.41, 5.74) is 4.12. The topological polar surface area (TPSA) is 141 Å². The number of aldehydes is 1. The van der Waals surface area contributed by atoms with Gasteiger partial charge in [0.05, 0.1) is 22.0 Å². The standard InChI is InChI=1S/C32H38N2O7S2/c1-4-34-28-14-9-8-13-25(28)32(3,19-10-11-21-35)30(34)16-7-5-6-15-29-31(2,20-12-22-42(36,37)38)26-23-24(43(39,40)41)17-18-27(26)33-29/h5-9,13-18,21,23H,4,10-12,19-20,22H2,1-3H3,(H,36,37,38)(H,39,40,41)/b7-5+,15-6+,30-16+/t31-,32+/m1/s1. The molecule has 43 heavy (non-hydrogen) atoms. The highest BCUT2D eigenvalue weighted by Gasteiger charge is 2.42. The molecule has 0 aliphatic carbocycles. The summed E-state index contributed by atoms with van der Waals surface area (Å²) in [5, 5.41) is 0. The van der Waals surface area contributed by atoms with Crippen LogP contribution in [-0.2, 0) is 35.9 Å². The molecule has 2 heterocycles. The summed E-state index contributed by atoms with van der Waals surface area (Å²) in [6, 6.07) is 12.5. The lowest BCUT2D eigenvalue weighted by atomic mass is 9.76. The molecule has 0 spiro atoms. The largest absolute Gasteiger partial charge is 0.344 e. The highest BCUT2D eigenvalue weighted by molar-refractivity contribution is 7.86. The smallest absolute Gasteiger partial charge is 0.294 e. The summed E-state index contributed by atoms with van der Waals surface area (Å²) in [4.78, 5) is 17.7. The molecule has 230 valence electrons. The van der Waals surface area contributed by atoms with E-state index in [2.05, 4.69) is 37.0 Å². The third-order valence-electron chi connectivity index (χ3n) is 8.44. The van der Waals surface area contributed by atoms with Crippen LogP contribution in [0, 0.1) is 0 Å². The first-order valence-electron chi connectivity index (χ1n) is 14.3. The molecule has 0 unspecified atom stereocenters. The molecule has 0 aromatic heterocycles. The zero-order valence-corrected chi connectivity index (χ0v) is 26.2. The van der Waals surface area contributed by atoms with Gasteiger partial charge in [-0.25, -0.2) is 0 Å². The highest BCUT2D eigenvalue weighted by atomic mass is 32.2. The second-order valence-corrected chi connectivity index (χ2v) is 14.3. The average Bonchev–Trinajstić information content (AvgIpc) is 3.35. The van der Waals surface area contributed by atoms with Crippen molar-refractivity contribution in [1.29, 1.82) is 0 Å². The van der Waals surface area contributed by atoms with Crippen LogP contribution >= 0.6 is 0 Å². The fourth-order valence-corrected chi connectivity index (χ4v) is 7.23. The summed E-state index contributed by atoms with van der Waals surface area (Å²) in [7, 11) is -8.63. The lowest BCUT2D eigenvalue weighted by Crippen LogP contribution is -2.29. The molecule has 0 bridgehead atoms. The van der Waals surface area contributed by atoms with E-state index in [4.69, 9.17) is 4.99 Å². The Labute approximate surface area is 254 Å². The Morgan fingerprint density at radius 2 is 1.63 bits per heavy atom. The van der Waals surface area contributed by atoms with E-state index in [0.717, 1.165) is 37.1 Å². The van der Waals surface area contributed by atoms with Crippen LogP contribution in [0.15, 0.2) is 88.4 Å². The Kier molecular flexibility index (Phi) is 9.60. The maximum absolute atomic E-state index is 11.8. The van der Waals surface area contributed by atoms with Crippen molar-refractivity contribution in [3.63, 3.8) is 0 Å². The number of allylic oxidation sites excluding steroid dienone is 6. The van der Waals surface area contributed by atoms with Gasteiger partial charge in [-0.2, -0.15) is 16.8 Å². The minimum Gasteiger partial charge on any atom is -0.344 e. The van der Waals surface area contributed by atoms with Crippen LogP contribution in [0.2, 0.25) is 0 Å². The number of fused-ring (bicyclic) bond motifs is 2. The molecule has 4 rings (SSSR count). The molecule has 0 radical (unpaired) electrons. The molecule has 2 atom stereocenters. The lowest BCUT2D eigenvalue weighted by molar-refractivity contribution is -0.108. The second kappa shape index (κ2) is 12.7. The molecule has 11 heteroatoms. The molecule has 0 saturated heterocycles. The number of para-hydroxylation sites is 1. The number of unbranched alkanes of at least 4 members (excludes halogenated alkanes) is 1. The van der Waals surface area contributed by atoms with Crippen molar-refractivity contribution in [1.82, 2.24) is 0 Å². The monoisotopic (exact) mass is 626 g/mol. The Bertz CT molecular complexity index is 1730. The fourth-order valence-electron chi connectivity index (χ4n) is 6.21. The molecule has 2 aliphatic rings. The number of likely N-dealkylation sites (N-methyl/N-ethyl adjacent to an activating group) is 1. The summed E-state index contributed by atoms with van der Waals surface area (Å²) >= 11 is 0. The molecule has 0 amide bonds. The van der Waals surface area contributed by atoms with Gasteiger partial charge in [-0.3, -0.25) is 14.1 Å². The van der Waals surface area contributed by atoms with Gasteiger partial charge >= 0.3 is 0 Å². The van der Waals surface area contributed by atoms with Crippen molar-refractivity contribution in [3.05, 3.63) is 89.7 Å². The third-order valence-corrected chi connectivity index (χ3v) is 10.1. The van der Waals surface area contributed by atoms with Crippen molar-refractivity contribution >= 4 is 43.6 Å². The van der Waals surface area contributed by atoms with Gasteiger partial charge in [0, 0.05) is 35.2 Å². The molecule has 9 nitrogen and oxygen atoms in total. The van der Waals surface area contributed by atoms with Gasteiger partial charge in [0.1, 0.15) is 6.29 Å². The molecule has 2 N–H and O–H groups in total. The number of anilines is 1. The maximum atomic E-state index is 11.8. The molecular formula is C32H38N2O7S2. The van der Waals surface area contributed by atoms with Gasteiger partial charge in [-0.15, -0.1) is 0 Å². The minimum absolute atomic E-state index is 0.121. The molecule has 2 aromatic carbocycles. The summed E-state index contributed by atoms with van der Waals surface area (Å²) < 4.78 is 65.2. The Morgan fingerprint density at radius 3 is 2.30 bits per heavy atom. The summed E-state index contributed by atoms with van der Waals surface area (Å²) in [6.45, 7) is 6.95. The Hall–Kier alpha value is -3.38. The van der Waals surface area contributed by atoms with Crippen LogP contribution < -0.4 is 4.90 Å². The second-order valence-electron chi connectivity index (χ2n) is 11.3. The van der Waals surface area contributed by atoms with Gasteiger partial charge in [-0.05, 0) is 94.0 Å². The third kappa shape index (κ3) is 6.90. The first-order chi connectivity index (χ1) is 20.2. The van der Waals surface area contributed by atoms with Gasteiger partial charge < -0.3 is 9.69 Å². The summed E-state index contributed by atoms with van der Waals surface area (Å²) in [6.07, 6.45) is 13.0. The number of benzene rings is 2. The van der Waals surface area contributed by atoms with E-state index >= 15 is 0 Å². The zero-order valence-electron chi connectivity index (χ0n) is 24.6. The quantitative estimate of drug-likeness (QED) is 0.117. The van der Waals surface area contributed by atoms with Gasteiger partial charge in [0.25, 0.3) is 20.2 Å². The lowest BCUT2D eigenvalue weighted by Gasteiger charge is -2.29. The number of hydrogen-bond donors (Lipinski definition) is 2. The molecular weight excluding hydrogens is 588 g/mol. The first kappa shape index (κ1) is 32.5. The van der Waals surface area contributed by atoms with E-state index in [1.807, 2.05) is 37.3 Å². The summed E-state index contributed by atoms with van der Waals surface area (Å²) in [5.74, 6) is -0.442. The zero-order chi connectivity index (χ0) is 31.5. The van der Waals surface area contributed by atoms with Gasteiger partial charge in [-0.1, -0.05) is 36.4 Å². The van der Waals surface area contributed by atoms with Crippen molar-refractivity contribution in [2.24, 2.45) is 4.99 Å². The van der Waals surface area contributed by atoms with Gasteiger partial charge in [0.15, 0.2) is 0 Å². The van der Waals surface area contributed by atoms with Crippen LogP contribution in [0.1, 0.15) is 64.0 Å². The molecule has 0 fully saturated rings. The van der Waals surface area contributed by atoms with E-state index in [9.17, 15) is 30.7 Å². The van der Waals surface area contributed by atoms with Crippen LogP contribution in [0.5, 0.6) is 0 Å². The normalized spacial score (nSPS) is 22.9. The fraction of sp³-hybridized carbons (Fsp3) is 0.375. The molecule has 2 aromatic rings. The van der Waals surface area contributed by atoms with E-state index in [1.54, 1.807) is 6.08 Å². The minimum atomic E-state index is -4.46. The SMILES string of the molecule is CCN1/C(=C/C=C/C=C/C2=Nc3ccc(S(=O)(=O)O)cc3[C@@]2(C)CCCS(=O)(=O)O)[C@@](C)(CCCC=O)c2ccccc21. The Balaban J connectivity index is 1.63. The number of carbonyl (C=O) groups excluding carboxylic acids is 1. The average molecular weight is 627 g/mol. The maximum Gasteiger partial charge on any atom is 0.294 e. The predicted molar refractivity (Wildman–Crippen MR) is 169 cm³/mol. The van der Waals surface area contributed by atoms with Crippen LogP contribution in [0.25, 0.3) is 0 Å². The van der Waals surface area contributed by atoms with Crippen LogP contribution in [-0.4, -0.2) is 50.2 Å². The Morgan fingerprint density at radius 1 is 0.907 bits per heavy atom. The van der Waals surface area contributed by atoms with Crippen LogP contribution in [0.4, 0.5) is 11.4 Å². The number of nitrogens with zero attached hydrogens (tertiary/aromatic N) is 2.